The molecule has 2 heteroatoms. The fraction of sp³-hybridized carbons (Fsp3) is 0.375. The monoisotopic (exact) mass is 137 g/mol. The van der Waals surface area contributed by atoms with Gasteiger partial charge in [-0.25, -0.2) is 0 Å². The fourth-order valence-electron chi connectivity index (χ4n) is 1.04. The van der Waals surface area contributed by atoms with Crippen LogP contribution < -0.4 is 5.32 Å². The zero-order chi connectivity index (χ0) is 7.56. The average molecular weight is 137 g/mol. The number of carbonyl (C=O) groups excluding carboxylic acids is 1. The SMILES string of the molecule is C=CC1=C(C)NC(=O)CC1. The second-order valence-corrected chi connectivity index (χ2v) is 2.40. The molecule has 1 amide bonds. The maximum Gasteiger partial charge on any atom is 0.224 e. The minimum Gasteiger partial charge on any atom is -0.330 e. The molecule has 0 saturated carbocycles. The van der Waals surface area contributed by atoms with Crippen molar-refractivity contribution in [3.8, 4) is 0 Å². The van der Waals surface area contributed by atoms with Gasteiger partial charge in [0.15, 0.2) is 0 Å². The molecular formula is C8H11NO. The molecule has 1 aliphatic heterocycles. The van der Waals surface area contributed by atoms with Crippen LogP contribution in [0.1, 0.15) is 19.8 Å². The van der Waals surface area contributed by atoms with Crippen molar-refractivity contribution in [2.45, 2.75) is 19.8 Å². The molecule has 10 heavy (non-hydrogen) atoms. The molecule has 0 radical (unpaired) electrons. The highest BCUT2D eigenvalue weighted by molar-refractivity contribution is 5.79. The van der Waals surface area contributed by atoms with E-state index in [2.05, 4.69) is 11.9 Å². The van der Waals surface area contributed by atoms with Crippen LogP contribution in [0.25, 0.3) is 0 Å². The van der Waals surface area contributed by atoms with E-state index >= 15 is 0 Å². The van der Waals surface area contributed by atoms with Gasteiger partial charge in [-0.05, 0) is 18.9 Å². The summed E-state index contributed by atoms with van der Waals surface area (Å²) in [4.78, 5) is 10.8. The molecule has 0 aliphatic carbocycles. The molecule has 1 aliphatic rings. The minimum absolute atomic E-state index is 0.114. The molecule has 0 aromatic carbocycles. The summed E-state index contributed by atoms with van der Waals surface area (Å²) in [6, 6.07) is 0. The largest absolute Gasteiger partial charge is 0.330 e. The Balaban J connectivity index is 2.80. The summed E-state index contributed by atoms with van der Waals surface area (Å²) in [5.74, 6) is 0.114. The van der Waals surface area contributed by atoms with Crippen molar-refractivity contribution in [3.63, 3.8) is 0 Å². The van der Waals surface area contributed by atoms with E-state index in [9.17, 15) is 4.79 Å². The number of allylic oxidation sites excluding steroid dienone is 3. The van der Waals surface area contributed by atoms with Crippen LogP contribution in [0.15, 0.2) is 23.9 Å². The smallest absolute Gasteiger partial charge is 0.224 e. The molecule has 54 valence electrons. The van der Waals surface area contributed by atoms with Gasteiger partial charge >= 0.3 is 0 Å². The lowest BCUT2D eigenvalue weighted by molar-refractivity contribution is -0.120. The predicted octanol–water partition coefficient (Wildman–Crippen LogP) is 1.36. The first-order valence-corrected chi connectivity index (χ1v) is 3.36. The molecule has 1 heterocycles. The molecule has 0 aromatic rings. The van der Waals surface area contributed by atoms with E-state index in [4.69, 9.17) is 0 Å². The van der Waals surface area contributed by atoms with Crippen LogP contribution in [-0.2, 0) is 4.79 Å². The van der Waals surface area contributed by atoms with Crippen LogP contribution in [0.3, 0.4) is 0 Å². The molecule has 0 spiro atoms. The molecule has 0 saturated heterocycles. The third-order valence-electron chi connectivity index (χ3n) is 1.68. The number of amides is 1. The van der Waals surface area contributed by atoms with Crippen molar-refractivity contribution in [2.24, 2.45) is 0 Å². The highest BCUT2D eigenvalue weighted by Gasteiger charge is 2.11. The highest BCUT2D eigenvalue weighted by atomic mass is 16.1. The normalized spacial score (nSPS) is 18.7. The van der Waals surface area contributed by atoms with E-state index in [0.29, 0.717) is 6.42 Å². The van der Waals surface area contributed by atoms with Gasteiger partial charge in [0.2, 0.25) is 5.91 Å². The summed E-state index contributed by atoms with van der Waals surface area (Å²) in [6.45, 7) is 5.55. The van der Waals surface area contributed by atoms with Gasteiger partial charge in [0.05, 0.1) is 0 Å². The molecule has 0 aromatic heterocycles. The van der Waals surface area contributed by atoms with E-state index in [1.807, 2.05) is 6.92 Å². The third kappa shape index (κ3) is 1.26. The second kappa shape index (κ2) is 2.69. The van der Waals surface area contributed by atoms with Crippen LogP contribution in [-0.4, -0.2) is 5.91 Å². The van der Waals surface area contributed by atoms with Gasteiger partial charge in [-0.3, -0.25) is 4.79 Å². The Hall–Kier alpha value is -1.05. The molecule has 1 N–H and O–H groups in total. The van der Waals surface area contributed by atoms with E-state index in [0.717, 1.165) is 17.7 Å². The Labute approximate surface area is 60.6 Å². The Morgan fingerprint density at radius 3 is 2.80 bits per heavy atom. The highest BCUT2D eigenvalue weighted by Crippen LogP contribution is 2.14. The maximum absolute atomic E-state index is 10.8. The van der Waals surface area contributed by atoms with E-state index in [1.54, 1.807) is 6.08 Å². The number of rotatable bonds is 1. The molecule has 0 fully saturated rings. The number of carbonyl (C=O) groups is 1. The zero-order valence-electron chi connectivity index (χ0n) is 6.11. The summed E-state index contributed by atoms with van der Waals surface area (Å²) < 4.78 is 0. The second-order valence-electron chi connectivity index (χ2n) is 2.40. The lowest BCUT2D eigenvalue weighted by Crippen LogP contribution is -2.25. The lowest BCUT2D eigenvalue weighted by Gasteiger charge is -2.15. The first kappa shape index (κ1) is 7.06. The van der Waals surface area contributed by atoms with Crippen molar-refractivity contribution in [1.82, 2.24) is 5.32 Å². The Bertz CT molecular complexity index is 203. The molecule has 1 rings (SSSR count). The summed E-state index contributed by atoms with van der Waals surface area (Å²) in [5, 5.41) is 2.75. The van der Waals surface area contributed by atoms with Crippen molar-refractivity contribution in [2.75, 3.05) is 0 Å². The maximum atomic E-state index is 10.8. The molecule has 0 unspecified atom stereocenters. The summed E-state index contributed by atoms with van der Waals surface area (Å²) >= 11 is 0. The van der Waals surface area contributed by atoms with Crippen LogP contribution in [0, 0.1) is 0 Å². The molecule has 0 atom stereocenters. The molecular weight excluding hydrogens is 126 g/mol. The lowest BCUT2D eigenvalue weighted by atomic mass is 10.0. The summed E-state index contributed by atoms with van der Waals surface area (Å²) in [5.41, 5.74) is 2.10. The van der Waals surface area contributed by atoms with Crippen LogP contribution in [0.5, 0.6) is 0 Å². The topological polar surface area (TPSA) is 29.1 Å². The van der Waals surface area contributed by atoms with E-state index < -0.39 is 0 Å². The van der Waals surface area contributed by atoms with Gasteiger partial charge in [-0.1, -0.05) is 12.7 Å². The molecule has 0 bridgehead atoms. The zero-order valence-corrected chi connectivity index (χ0v) is 6.11. The fourth-order valence-corrected chi connectivity index (χ4v) is 1.04. The van der Waals surface area contributed by atoms with Gasteiger partial charge in [0.1, 0.15) is 0 Å². The predicted molar refractivity (Wildman–Crippen MR) is 40.3 cm³/mol. The quantitative estimate of drug-likeness (QED) is 0.580. The van der Waals surface area contributed by atoms with Crippen LogP contribution in [0.4, 0.5) is 0 Å². The van der Waals surface area contributed by atoms with Gasteiger partial charge in [-0.15, -0.1) is 0 Å². The van der Waals surface area contributed by atoms with Crippen LogP contribution >= 0.6 is 0 Å². The van der Waals surface area contributed by atoms with Gasteiger partial charge in [0.25, 0.3) is 0 Å². The third-order valence-corrected chi connectivity index (χ3v) is 1.68. The van der Waals surface area contributed by atoms with Crippen molar-refractivity contribution < 1.29 is 4.79 Å². The van der Waals surface area contributed by atoms with E-state index in [-0.39, 0.29) is 5.91 Å². The average Bonchev–Trinajstić information content (AvgIpc) is 1.88. The summed E-state index contributed by atoms with van der Waals surface area (Å²) in [6.07, 6.45) is 3.23. The number of hydrogen-bond acceptors (Lipinski definition) is 1. The van der Waals surface area contributed by atoms with Gasteiger partial charge < -0.3 is 5.32 Å². The van der Waals surface area contributed by atoms with Crippen molar-refractivity contribution in [1.29, 1.82) is 0 Å². The van der Waals surface area contributed by atoms with Gasteiger partial charge in [-0.2, -0.15) is 0 Å². The van der Waals surface area contributed by atoms with E-state index in [1.165, 1.54) is 0 Å². The standard InChI is InChI=1S/C8H11NO/c1-3-7-4-5-8(10)9-6(7)2/h3H,1,4-5H2,2H3,(H,9,10). The first-order chi connectivity index (χ1) is 4.74. The van der Waals surface area contributed by atoms with Crippen LogP contribution in [0.2, 0.25) is 0 Å². The van der Waals surface area contributed by atoms with Crippen molar-refractivity contribution >= 4 is 5.91 Å². The minimum atomic E-state index is 0.114. The first-order valence-electron chi connectivity index (χ1n) is 3.36. The Morgan fingerprint density at radius 2 is 2.30 bits per heavy atom. The van der Waals surface area contributed by atoms with Gasteiger partial charge in [0, 0.05) is 12.1 Å². The Kier molecular flexibility index (Phi) is 1.90. The molecule has 2 nitrogen and oxygen atoms in total. The number of hydrogen-bond donors (Lipinski definition) is 1. The van der Waals surface area contributed by atoms with Crippen molar-refractivity contribution in [3.05, 3.63) is 23.9 Å². The Morgan fingerprint density at radius 1 is 1.60 bits per heavy atom. The summed E-state index contributed by atoms with van der Waals surface area (Å²) in [7, 11) is 0. The number of nitrogens with one attached hydrogen (secondary N) is 1.